The summed E-state index contributed by atoms with van der Waals surface area (Å²) in [6.07, 6.45) is 4.99. The van der Waals surface area contributed by atoms with Crippen LogP contribution in [0, 0.1) is 5.92 Å². The van der Waals surface area contributed by atoms with Gasteiger partial charge in [0.25, 0.3) is 10.1 Å². The first-order chi connectivity index (χ1) is 8.29. The number of carbonyl (C=O) groups is 1. The van der Waals surface area contributed by atoms with Crippen LogP contribution in [-0.2, 0) is 14.9 Å². The number of hydrogen-bond acceptors (Lipinski definition) is 3. The topological polar surface area (TPSA) is 83.5 Å². The fraction of sp³-hybridized carbons (Fsp3) is 0.750. The monoisotopic (exact) mass is 275 g/mol. The van der Waals surface area contributed by atoms with E-state index in [1.165, 1.54) is 0 Å². The summed E-state index contributed by atoms with van der Waals surface area (Å²) >= 11 is 0. The highest BCUT2D eigenvalue weighted by atomic mass is 32.2. The average molecular weight is 275 g/mol. The molecule has 1 rings (SSSR count). The van der Waals surface area contributed by atoms with Gasteiger partial charge in [-0.3, -0.25) is 9.35 Å². The van der Waals surface area contributed by atoms with Crippen molar-refractivity contribution in [2.24, 2.45) is 5.92 Å². The van der Waals surface area contributed by atoms with Crippen LogP contribution in [0.15, 0.2) is 12.2 Å². The van der Waals surface area contributed by atoms with Crippen molar-refractivity contribution in [2.45, 2.75) is 45.1 Å². The molecule has 0 bridgehead atoms. The van der Waals surface area contributed by atoms with Gasteiger partial charge < -0.3 is 5.32 Å². The van der Waals surface area contributed by atoms with Crippen molar-refractivity contribution in [3.05, 3.63) is 12.2 Å². The van der Waals surface area contributed by atoms with Gasteiger partial charge in [-0.2, -0.15) is 8.42 Å². The van der Waals surface area contributed by atoms with Gasteiger partial charge in [0, 0.05) is 11.6 Å². The molecule has 6 heteroatoms. The molecule has 2 N–H and O–H groups in total. The van der Waals surface area contributed by atoms with E-state index < -0.39 is 21.9 Å². The molecule has 0 saturated heterocycles. The van der Waals surface area contributed by atoms with Crippen molar-refractivity contribution < 1.29 is 17.8 Å². The number of amides is 1. The van der Waals surface area contributed by atoms with Crippen molar-refractivity contribution in [1.82, 2.24) is 5.32 Å². The first-order valence-corrected chi connectivity index (χ1v) is 7.82. The van der Waals surface area contributed by atoms with E-state index in [2.05, 4.69) is 11.9 Å². The second kappa shape index (κ2) is 6.33. The van der Waals surface area contributed by atoms with E-state index in [4.69, 9.17) is 4.55 Å². The van der Waals surface area contributed by atoms with E-state index in [-0.39, 0.29) is 11.8 Å². The van der Waals surface area contributed by atoms with Gasteiger partial charge in [0.1, 0.15) is 0 Å². The van der Waals surface area contributed by atoms with Crippen LogP contribution in [0.4, 0.5) is 0 Å². The Kier molecular flexibility index (Phi) is 5.34. The minimum absolute atomic E-state index is 0.115. The number of nitrogens with one attached hydrogen (secondary N) is 1. The zero-order valence-corrected chi connectivity index (χ0v) is 11.5. The van der Waals surface area contributed by atoms with Crippen molar-refractivity contribution in [1.29, 1.82) is 0 Å². The maximum Gasteiger partial charge on any atom is 0.266 e. The molecule has 0 heterocycles. The first kappa shape index (κ1) is 15.2. The molecule has 1 aliphatic carbocycles. The molecule has 0 aromatic heterocycles. The largest absolute Gasteiger partial charge is 0.348 e. The fourth-order valence-corrected chi connectivity index (χ4v) is 3.16. The highest BCUT2D eigenvalue weighted by molar-refractivity contribution is 7.85. The lowest BCUT2D eigenvalue weighted by molar-refractivity contribution is -0.118. The van der Waals surface area contributed by atoms with Gasteiger partial charge in [0.05, 0.1) is 5.75 Å². The van der Waals surface area contributed by atoms with Crippen molar-refractivity contribution in [3.63, 3.8) is 0 Å². The van der Waals surface area contributed by atoms with Crippen LogP contribution >= 0.6 is 0 Å². The lowest BCUT2D eigenvalue weighted by Gasteiger charge is -2.30. The predicted molar refractivity (Wildman–Crippen MR) is 69.7 cm³/mol. The van der Waals surface area contributed by atoms with Gasteiger partial charge >= 0.3 is 0 Å². The quantitative estimate of drug-likeness (QED) is 0.588. The molecular weight excluding hydrogens is 254 g/mol. The highest BCUT2D eigenvalue weighted by Crippen LogP contribution is 2.27. The van der Waals surface area contributed by atoms with Crippen LogP contribution in [0.5, 0.6) is 0 Å². The van der Waals surface area contributed by atoms with E-state index in [0.29, 0.717) is 5.57 Å². The molecule has 1 atom stereocenters. The fourth-order valence-electron chi connectivity index (χ4n) is 2.35. The molecule has 1 saturated carbocycles. The van der Waals surface area contributed by atoms with Gasteiger partial charge in [0.2, 0.25) is 5.91 Å². The molecule has 0 aromatic carbocycles. The van der Waals surface area contributed by atoms with Crippen LogP contribution in [-0.4, -0.2) is 30.7 Å². The van der Waals surface area contributed by atoms with Crippen LogP contribution in [0.2, 0.25) is 0 Å². The van der Waals surface area contributed by atoms with Crippen LogP contribution in [0.1, 0.15) is 39.0 Å². The third-order valence-corrected chi connectivity index (χ3v) is 4.09. The summed E-state index contributed by atoms with van der Waals surface area (Å²) in [5, 5.41) is 2.67. The molecule has 1 fully saturated rings. The minimum atomic E-state index is -4.09. The Balaban J connectivity index is 2.73. The molecule has 1 unspecified atom stereocenters. The number of hydrogen-bond donors (Lipinski definition) is 2. The van der Waals surface area contributed by atoms with Crippen molar-refractivity contribution in [2.75, 3.05) is 5.75 Å². The Morgan fingerprint density at radius 3 is 2.39 bits per heavy atom. The van der Waals surface area contributed by atoms with Crippen molar-refractivity contribution in [3.8, 4) is 0 Å². The summed E-state index contributed by atoms with van der Waals surface area (Å²) in [5.41, 5.74) is 0.339. The first-order valence-electron chi connectivity index (χ1n) is 6.21. The summed E-state index contributed by atoms with van der Waals surface area (Å²) in [6, 6.07) is -0.524. The molecule has 5 nitrogen and oxygen atoms in total. The van der Waals surface area contributed by atoms with E-state index in [9.17, 15) is 13.2 Å². The predicted octanol–water partition coefficient (Wildman–Crippen LogP) is 1.52. The van der Waals surface area contributed by atoms with E-state index in [0.717, 1.165) is 32.1 Å². The molecule has 1 amide bonds. The molecule has 0 aliphatic heterocycles. The van der Waals surface area contributed by atoms with Gasteiger partial charge in [-0.1, -0.05) is 25.8 Å². The third kappa shape index (κ3) is 5.18. The normalized spacial score (nSPS) is 19.2. The standard InChI is InChI=1S/C12H21NO4S/c1-9(2)12(14)13-11(8-18(15,16)17)10-6-4-3-5-7-10/h10-11H,1,3-8H2,2H3,(H,13,14)(H,15,16,17). The smallest absolute Gasteiger partial charge is 0.266 e. The summed E-state index contributed by atoms with van der Waals surface area (Å²) in [6.45, 7) is 5.10. The molecule has 0 aromatic rings. The Bertz CT molecular complexity index is 410. The Labute approximate surface area is 108 Å². The van der Waals surface area contributed by atoms with E-state index >= 15 is 0 Å². The molecule has 0 radical (unpaired) electrons. The summed E-state index contributed by atoms with van der Waals surface area (Å²) in [5.74, 6) is -0.658. The summed E-state index contributed by atoms with van der Waals surface area (Å²) < 4.78 is 31.0. The number of carbonyl (C=O) groups excluding carboxylic acids is 1. The van der Waals surface area contributed by atoms with Gasteiger partial charge in [-0.05, 0) is 25.7 Å². The number of rotatable bonds is 5. The summed E-state index contributed by atoms with van der Waals surface area (Å²) in [4.78, 5) is 11.6. The average Bonchev–Trinajstić information content (AvgIpc) is 2.27. The van der Waals surface area contributed by atoms with E-state index in [1.54, 1.807) is 6.92 Å². The van der Waals surface area contributed by atoms with Crippen LogP contribution < -0.4 is 5.32 Å². The summed E-state index contributed by atoms with van der Waals surface area (Å²) in [7, 11) is -4.09. The molecule has 0 spiro atoms. The highest BCUT2D eigenvalue weighted by Gasteiger charge is 2.28. The molecular formula is C12H21NO4S. The maximum atomic E-state index is 11.6. The zero-order valence-electron chi connectivity index (χ0n) is 10.7. The Morgan fingerprint density at radius 1 is 1.39 bits per heavy atom. The van der Waals surface area contributed by atoms with E-state index in [1.807, 2.05) is 0 Å². The molecule has 1 aliphatic rings. The zero-order chi connectivity index (χ0) is 13.8. The SMILES string of the molecule is C=C(C)C(=O)NC(CS(=O)(=O)O)C1CCCCC1. The lowest BCUT2D eigenvalue weighted by atomic mass is 9.84. The molecule has 104 valence electrons. The van der Waals surface area contributed by atoms with Gasteiger partial charge in [-0.25, -0.2) is 0 Å². The second-order valence-corrected chi connectivity index (χ2v) is 6.50. The minimum Gasteiger partial charge on any atom is -0.348 e. The van der Waals surface area contributed by atoms with Gasteiger partial charge in [0.15, 0.2) is 0 Å². The second-order valence-electron chi connectivity index (χ2n) is 5.01. The Hall–Kier alpha value is -0.880. The van der Waals surface area contributed by atoms with Crippen LogP contribution in [0.3, 0.4) is 0 Å². The molecule has 18 heavy (non-hydrogen) atoms. The van der Waals surface area contributed by atoms with Crippen molar-refractivity contribution >= 4 is 16.0 Å². The van der Waals surface area contributed by atoms with Crippen LogP contribution in [0.25, 0.3) is 0 Å². The van der Waals surface area contributed by atoms with Gasteiger partial charge in [-0.15, -0.1) is 0 Å². The maximum absolute atomic E-state index is 11.6. The lowest BCUT2D eigenvalue weighted by Crippen LogP contribution is -2.45. The third-order valence-electron chi connectivity index (χ3n) is 3.31. The Morgan fingerprint density at radius 2 is 1.94 bits per heavy atom.